The molecular formula is C20H13Cl3N2O5S. The van der Waals surface area contributed by atoms with Gasteiger partial charge in [0.25, 0.3) is 15.9 Å². The summed E-state index contributed by atoms with van der Waals surface area (Å²) in [6.07, 6.45) is 0. The number of hydrogen-bond acceptors (Lipinski definition) is 4. The largest absolute Gasteiger partial charge is 0.478 e. The molecule has 0 spiro atoms. The van der Waals surface area contributed by atoms with E-state index in [1.54, 1.807) is 0 Å². The monoisotopic (exact) mass is 498 g/mol. The molecule has 1 amide bonds. The molecule has 0 saturated carbocycles. The lowest BCUT2D eigenvalue weighted by Gasteiger charge is -2.12. The number of rotatable bonds is 6. The maximum absolute atomic E-state index is 12.7. The summed E-state index contributed by atoms with van der Waals surface area (Å²) in [6, 6.07) is 13.4. The predicted octanol–water partition coefficient (Wildman–Crippen LogP) is 5.40. The zero-order chi connectivity index (χ0) is 22.8. The molecule has 0 aliphatic rings. The molecule has 0 aliphatic carbocycles. The van der Waals surface area contributed by atoms with Crippen LogP contribution in [0.3, 0.4) is 0 Å². The van der Waals surface area contributed by atoms with Crippen LogP contribution in [0, 0.1) is 0 Å². The summed E-state index contributed by atoms with van der Waals surface area (Å²) in [7, 11) is -4.09. The number of halogens is 3. The second-order valence-electron chi connectivity index (χ2n) is 6.24. The van der Waals surface area contributed by atoms with E-state index in [9.17, 15) is 18.0 Å². The highest BCUT2D eigenvalue weighted by molar-refractivity contribution is 7.92. The number of carboxylic acids is 1. The molecule has 3 aromatic carbocycles. The Kier molecular flexibility index (Phi) is 6.76. The average Bonchev–Trinajstić information content (AvgIpc) is 2.69. The van der Waals surface area contributed by atoms with Crippen molar-refractivity contribution < 1.29 is 23.1 Å². The highest BCUT2D eigenvalue weighted by Crippen LogP contribution is 2.28. The normalized spacial score (nSPS) is 11.1. The van der Waals surface area contributed by atoms with E-state index in [1.807, 2.05) is 0 Å². The van der Waals surface area contributed by atoms with Crippen LogP contribution in [0.15, 0.2) is 65.6 Å². The summed E-state index contributed by atoms with van der Waals surface area (Å²) < 4.78 is 27.7. The fraction of sp³-hybridized carbons (Fsp3) is 0. The molecule has 0 saturated heterocycles. The molecular weight excluding hydrogens is 487 g/mol. The minimum atomic E-state index is -4.09. The number of carboxylic acid groups (broad SMARTS) is 1. The summed E-state index contributed by atoms with van der Waals surface area (Å²) >= 11 is 17.8. The number of sulfonamides is 1. The van der Waals surface area contributed by atoms with E-state index in [1.165, 1.54) is 60.7 Å². The Morgan fingerprint density at radius 2 is 1.39 bits per heavy atom. The Morgan fingerprint density at radius 3 is 1.97 bits per heavy atom. The third-order valence-corrected chi connectivity index (χ3v) is 6.12. The number of benzene rings is 3. The van der Waals surface area contributed by atoms with E-state index in [2.05, 4.69) is 10.0 Å². The summed E-state index contributed by atoms with van der Waals surface area (Å²) in [5.41, 5.74) is 0.531. The van der Waals surface area contributed by atoms with Gasteiger partial charge in [0.15, 0.2) is 0 Å². The third-order valence-electron chi connectivity index (χ3n) is 4.01. The highest BCUT2D eigenvalue weighted by Gasteiger charge is 2.19. The van der Waals surface area contributed by atoms with E-state index in [0.717, 1.165) is 0 Å². The number of nitrogens with one attached hydrogen (secondary N) is 2. The summed E-state index contributed by atoms with van der Waals surface area (Å²) in [5, 5.41) is 11.9. The van der Waals surface area contributed by atoms with Crippen molar-refractivity contribution >= 4 is 68.1 Å². The molecule has 3 N–H and O–H groups in total. The van der Waals surface area contributed by atoms with Crippen LogP contribution in [0.2, 0.25) is 15.1 Å². The molecule has 0 fully saturated rings. The predicted molar refractivity (Wildman–Crippen MR) is 120 cm³/mol. The number of carbonyl (C=O) groups excluding carboxylic acids is 1. The van der Waals surface area contributed by atoms with Crippen molar-refractivity contribution in [2.45, 2.75) is 4.90 Å². The van der Waals surface area contributed by atoms with Crippen molar-refractivity contribution in [3.63, 3.8) is 0 Å². The first-order valence-electron chi connectivity index (χ1n) is 8.48. The van der Waals surface area contributed by atoms with E-state index in [4.69, 9.17) is 39.9 Å². The van der Waals surface area contributed by atoms with Gasteiger partial charge in [-0.2, -0.15) is 0 Å². The van der Waals surface area contributed by atoms with Gasteiger partial charge in [0.1, 0.15) is 0 Å². The lowest BCUT2D eigenvalue weighted by molar-refractivity contribution is 0.0696. The Hall–Kier alpha value is -2.78. The smallest absolute Gasteiger partial charge is 0.335 e. The second-order valence-corrected chi connectivity index (χ2v) is 9.20. The van der Waals surface area contributed by atoms with Crippen molar-refractivity contribution in [2.24, 2.45) is 0 Å². The fourth-order valence-corrected chi connectivity index (χ4v) is 4.55. The molecule has 31 heavy (non-hydrogen) atoms. The zero-order valence-corrected chi connectivity index (χ0v) is 18.5. The van der Waals surface area contributed by atoms with Crippen molar-refractivity contribution in [3.05, 3.63) is 86.9 Å². The van der Waals surface area contributed by atoms with Crippen molar-refractivity contribution in [2.75, 3.05) is 10.0 Å². The van der Waals surface area contributed by atoms with Gasteiger partial charge in [0.2, 0.25) is 0 Å². The summed E-state index contributed by atoms with van der Waals surface area (Å²) in [6.45, 7) is 0. The quantitative estimate of drug-likeness (QED) is 0.420. The zero-order valence-electron chi connectivity index (χ0n) is 15.4. The number of aromatic carboxylic acids is 1. The van der Waals surface area contributed by atoms with Gasteiger partial charge in [-0.25, -0.2) is 13.2 Å². The lowest BCUT2D eigenvalue weighted by Crippen LogP contribution is -2.15. The second kappa shape index (κ2) is 9.15. The van der Waals surface area contributed by atoms with Crippen LogP contribution in [0.1, 0.15) is 20.7 Å². The van der Waals surface area contributed by atoms with Crippen LogP contribution >= 0.6 is 34.8 Å². The first-order valence-corrected chi connectivity index (χ1v) is 11.1. The summed E-state index contributed by atoms with van der Waals surface area (Å²) in [4.78, 5) is 23.3. The van der Waals surface area contributed by atoms with Crippen molar-refractivity contribution in [3.8, 4) is 0 Å². The topological polar surface area (TPSA) is 113 Å². The van der Waals surface area contributed by atoms with Crippen LogP contribution in [0.25, 0.3) is 0 Å². The van der Waals surface area contributed by atoms with Crippen LogP contribution < -0.4 is 10.0 Å². The molecule has 3 rings (SSSR count). The van der Waals surface area contributed by atoms with Crippen molar-refractivity contribution in [1.82, 2.24) is 0 Å². The van der Waals surface area contributed by atoms with E-state index in [-0.39, 0.29) is 36.8 Å². The molecule has 11 heteroatoms. The van der Waals surface area contributed by atoms with Crippen LogP contribution in [0.4, 0.5) is 11.4 Å². The molecule has 0 bridgehead atoms. The molecule has 0 aromatic heterocycles. The van der Waals surface area contributed by atoms with E-state index < -0.39 is 21.9 Å². The Labute approximate surface area is 192 Å². The van der Waals surface area contributed by atoms with E-state index >= 15 is 0 Å². The number of anilines is 2. The molecule has 0 atom stereocenters. The van der Waals surface area contributed by atoms with Gasteiger partial charge in [-0.05, 0) is 60.7 Å². The molecule has 0 unspecified atom stereocenters. The lowest BCUT2D eigenvalue weighted by atomic mass is 10.1. The molecule has 7 nitrogen and oxygen atoms in total. The maximum Gasteiger partial charge on any atom is 0.335 e. The first-order chi connectivity index (χ1) is 14.5. The Morgan fingerprint density at radius 1 is 0.806 bits per heavy atom. The minimum Gasteiger partial charge on any atom is -0.478 e. The minimum absolute atomic E-state index is 0.0216. The Balaban J connectivity index is 1.84. The fourth-order valence-electron chi connectivity index (χ4n) is 2.53. The van der Waals surface area contributed by atoms with Gasteiger partial charge >= 0.3 is 5.97 Å². The van der Waals surface area contributed by atoms with Gasteiger partial charge in [-0.3, -0.25) is 9.52 Å². The van der Waals surface area contributed by atoms with Crippen LogP contribution in [-0.2, 0) is 10.0 Å². The number of carbonyl (C=O) groups is 2. The molecule has 3 aromatic rings. The third kappa shape index (κ3) is 5.68. The summed E-state index contributed by atoms with van der Waals surface area (Å²) in [5.74, 6) is -1.64. The standard InChI is InChI=1S/C20H13Cl3N2O5S/c21-13-8-14(22)10-16(9-13)31(29,30)25-18-7-12(3-6-17(18)23)19(26)24-15-4-1-11(2-5-15)20(27)28/h1-10,25H,(H,24,26)(H,27,28). The molecule has 160 valence electrons. The van der Waals surface area contributed by atoms with Gasteiger partial charge in [-0.1, -0.05) is 34.8 Å². The van der Waals surface area contributed by atoms with Gasteiger partial charge in [0, 0.05) is 21.3 Å². The van der Waals surface area contributed by atoms with Gasteiger partial charge in [0.05, 0.1) is 21.2 Å². The molecule has 0 radical (unpaired) electrons. The molecule has 0 heterocycles. The number of hydrogen-bond donors (Lipinski definition) is 3. The maximum atomic E-state index is 12.7. The highest BCUT2D eigenvalue weighted by atomic mass is 35.5. The first kappa shape index (κ1) is 22.9. The average molecular weight is 500 g/mol. The van der Waals surface area contributed by atoms with Crippen molar-refractivity contribution in [1.29, 1.82) is 0 Å². The Bertz CT molecular complexity index is 1260. The SMILES string of the molecule is O=C(O)c1ccc(NC(=O)c2ccc(Cl)c(NS(=O)(=O)c3cc(Cl)cc(Cl)c3)c2)cc1. The van der Waals surface area contributed by atoms with Crippen LogP contribution in [-0.4, -0.2) is 25.4 Å². The van der Waals surface area contributed by atoms with Crippen LogP contribution in [0.5, 0.6) is 0 Å². The number of amides is 1. The van der Waals surface area contributed by atoms with Gasteiger partial charge in [-0.15, -0.1) is 0 Å². The van der Waals surface area contributed by atoms with Gasteiger partial charge < -0.3 is 10.4 Å². The van der Waals surface area contributed by atoms with E-state index in [0.29, 0.717) is 5.69 Å². The molecule has 0 aliphatic heterocycles.